The minimum atomic E-state index is -0.743. The van der Waals surface area contributed by atoms with E-state index in [1.54, 1.807) is 14.0 Å². The first-order chi connectivity index (χ1) is 22.7. The number of carbonyl (C=O) groups excluding carboxylic acids is 1. The zero-order chi connectivity index (χ0) is 34.0. The van der Waals surface area contributed by atoms with Gasteiger partial charge in [0.1, 0.15) is 17.6 Å². The highest BCUT2D eigenvalue weighted by molar-refractivity contribution is 5.77. The molecule has 1 amide bonds. The molecule has 2 aromatic carbocycles. The van der Waals surface area contributed by atoms with Gasteiger partial charge in [-0.25, -0.2) is 5.01 Å². The van der Waals surface area contributed by atoms with E-state index < -0.39 is 11.2 Å². The third-order valence-electron chi connectivity index (χ3n) is 9.17. The van der Waals surface area contributed by atoms with Crippen LogP contribution in [0, 0.1) is 33.3 Å². The summed E-state index contributed by atoms with van der Waals surface area (Å²) in [5, 5.41) is 21.6. The summed E-state index contributed by atoms with van der Waals surface area (Å²) in [7, 11) is 3.80. The topological polar surface area (TPSA) is 130 Å². The van der Waals surface area contributed by atoms with Gasteiger partial charge in [0, 0.05) is 31.6 Å². The summed E-state index contributed by atoms with van der Waals surface area (Å²) in [6.45, 7) is 5.80. The number of nitrogens with zero attached hydrogens (tertiary/aromatic N) is 4. The first-order valence-corrected chi connectivity index (χ1v) is 17.0. The van der Waals surface area contributed by atoms with Crippen LogP contribution in [0.2, 0.25) is 0 Å². The van der Waals surface area contributed by atoms with Gasteiger partial charge in [-0.1, -0.05) is 56.9 Å². The number of nitrogens with one attached hydrogen (secondary N) is 1. The van der Waals surface area contributed by atoms with E-state index in [-0.39, 0.29) is 30.4 Å². The highest BCUT2D eigenvalue weighted by Crippen LogP contribution is 2.30. The molecular weight excluding hydrogens is 598 g/mol. The fourth-order valence-corrected chi connectivity index (χ4v) is 6.22. The molecule has 1 saturated heterocycles. The lowest BCUT2D eigenvalue weighted by atomic mass is 9.92. The molecule has 0 saturated carbocycles. The lowest BCUT2D eigenvalue weighted by molar-refractivity contribution is -0.769. The standard InChI is InChI=1S/C36H53N5O6/c1-5-6-7-8-10-30(26-37)15-18-35(39(3)22-19-29-13-16-33(45-4)17-14-29)32-11-9-12-34(25-32)46-27-36(42)38-40-23-20-31(21-24-40)28(2)47-41(43)44/h9,11-14,16-17,25,28,30-31,35H,5-8,10,15,18-24,27H2,1-4H3,(H,38,42). The number of carbonyl (C=O) groups is 1. The number of benzene rings is 2. The minimum absolute atomic E-state index is 0.0290. The summed E-state index contributed by atoms with van der Waals surface area (Å²) in [6.07, 6.45) is 9.03. The maximum atomic E-state index is 12.7. The summed E-state index contributed by atoms with van der Waals surface area (Å²) in [5.41, 5.74) is 5.22. The number of hydrogen-bond donors (Lipinski definition) is 1. The normalized spacial score (nSPS) is 15.7. The molecule has 0 aromatic heterocycles. The first kappa shape index (κ1) is 37.6. The van der Waals surface area contributed by atoms with Crippen molar-refractivity contribution in [1.82, 2.24) is 15.3 Å². The minimum Gasteiger partial charge on any atom is -0.497 e. The van der Waals surface area contributed by atoms with Crippen molar-refractivity contribution >= 4 is 5.91 Å². The van der Waals surface area contributed by atoms with Crippen molar-refractivity contribution in [2.45, 2.75) is 90.2 Å². The van der Waals surface area contributed by atoms with Crippen LogP contribution >= 0.6 is 0 Å². The van der Waals surface area contributed by atoms with E-state index in [0.29, 0.717) is 31.7 Å². The van der Waals surface area contributed by atoms with E-state index in [4.69, 9.17) is 14.3 Å². The van der Waals surface area contributed by atoms with Gasteiger partial charge >= 0.3 is 0 Å². The van der Waals surface area contributed by atoms with E-state index in [9.17, 15) is 20.2 Å². The van der Waals surface area contributed by atoms with Crippen molar-refractivity contribution in [3.8, 4) is 17.6 Å². The molecule has 11 nitrogen and oxygen atoms in total. The van der Waals surface area contributed by atoms with E-state index in [0.717, 1.165) is 50.0 Å². The number of rotatable bonds is 21. The average Bonchev–Trinajstić information content (AvgIpc) is 3.07. The Morgan fingerprint density at radius 3 is 2.51 bits per heavy atom. The molecule has 1 N–H and O–H groups in total. The number of nitriles is 1. The zero-order valence-electron chi connectivity index (χ0n) is 28.6. The van der Waals surface area contributed by atoms with Crippen molar-refractivity contribution in [1.29, 1.82) is 5.26 Å². The largest absolute Gasteiger partial charge is 0.497 e. The van der Waals surface area contributed by atoms with Gasteiger partial charge in [0.25, 0.3) is 11.0 Å². The second kappa shape index (κ2) is 20.4. The maximum Gasteiger partial charge on any atom is 0.294 e. The molecule has 0 spiro atoms. The van der Waals surface area contributed by atoms with Crippen LogP contribution in [0.4, 0.5) is 0 Å². The van der Waals surface area contributed by atoms with Crippen LogP contribution in [-0.2, 0) is 16.1 Å². The van der Waals surface area contributed by atoms with Crippen LogP contribution in [0.1, 0.15) is 88.8 Å². The molecule has 3 atom stereocenters. The van der Waals surface area contributed by atoms with Crippen LogP contribution in [0.5, 0.6) is 11.5 Å². The molecule has 0 aliphatic carbocycles. The molecular formula is C36H53N5O6. The number of methoxy groups -OCH3 is 1. The van der Waals surface area contributed by atoms with Gasteiger partial charge in [-0.05, 0) is 93.8 Å². The molecule has 47 heavy (non-hydrogen) atoms. The van der Waals surface area contributed by atoms with Gasteiger partial charge < -0.3 is 14.3 Å². The van der Waals surface area contributed by atoms with Gasteiger partial charge in [0.05, 0.1) is 13.2 Å². The molecule has 1 aliphatic rings. The highest BCUT2D eigenvalue weighted by Gasteiger charge is 2.27. The van der Waals surface area contributed by atoms with Crippen molar-refractivity contribution in [3.63, 3.8) is 0 Å². The van der Waals surface area contributed by atoms with Crippen LogP contribution in [0.25, 0.3) is 0 Å². The van der Waals surface area contributed by atoms with E-state index in [1.807, 2.05) is 35.3 Å². The molecule has 2 aromatic rings. The van der Waals surface area contributed by atoms with Gasteiger partial charge in [0.15, 0.2) is 6.61 Å². The Balaban J connectivity index is 1.59. The number of ether oxygens (including phenoxy) is 2. The average molecular weight is 652 g/mol. The van der Waals surface area contributed by atoms with Crippen molar-refractivity contribution in [2.24, 2.45) is 11.8 Å². The van der Waals surface area contributed by atoms with Crippen LogP contribution in [-0.4, -0.2) is 67.4 Å². The van der Waals surface area contributed by atoms with Crippen molar-refractivity contribution in [3.05, 3.63) is 69.8 Å². The van der Waals surface area contributed by atoms with Gasteiger partial charge in [-0.2, -0.15) is 5.26 Å². The fraction of sp³-hybridized carbons (Fsp3) is 0.611. The van der Waals surface area contributed by atoms with E-state index >= 15 is 0 Å². The summed E-state index contributed by atoms with van der Waals surface area (Å²) >= 11 is 0. The predicted molar refractivity (Wildman–Crippen MR) is 181 cm³/mol. The number of unbranched alkanes of at least 4 members (excludes halogenated alkanes) is 3. The SMILES string of the molecule is CCCCCCC(C#N)CCC(c1cccc(OCC(=O)NN2CCC(C(C)O[N+](=O)[O-])CC2)c1)N(C)CCc1ccc(OC)cc1. The van der Waals surface area contributed by atoms with Crippen molar-refractivity contribution < 1.29 is 24.2 Å². The molecule has 11 heteroatoms. The molecule has 1 aliphatic heterocycles. The molecule has 1 fully saturated rings. The van der Waals surface area contributed by atoms with Crippen LogP contribution < -0.4 is 14.9 Å². The summed E-state index contributed by atoms with van der Waals surface area (Å²) in [5.74, 6) is 1.30. The smallest absolute Gasteiger partial charge is 0.294 e. The predicted octanol–water partition coefficient (Wildman–Crippen LogP) is 6.52. The van der Waals surface area contributed by atoms with E-state index in [2.05, 4.69) is 48.6 Å². The number of hydrogen-bond acceptors (Lipinski definition) is 9. The monoisotopic (exact) mass is 651 g/mol. The lowest BCUT2D eigenvalue weighted by Gasteiger charge is -2.33. The van der Waals surface area contributed by atoms with Gasteiger partial charge in [-0.15, -0.1) is 10.1 Å². The van der Waals surface area contributed by atoms with Crippen LogP contribution in [0.15, 0.2) is 48.5 Å². The Labute approximate surface area is 280 Å². The fourth-order valence-electron chi connectivity index (χ4n) is 6.22. The molecule has 3 unspecified atom stereocenters. The second-order valence-electron chi connectivity index (χ2n) is 12.6. The number of amides is 1. The Morgan fingerprint density at radius 2 is 1.85 bits per heavy atom. The quantitative estimate of drug-likeness (QED) is 0.0911. The first-order valence-electron chi connectivity index (χ1n) is 17.0. The summed E-state index contributed by atoms with van der Waals surface area (Å²) in [6, 6.07) is 18.7. The van der Waals surface area contributed by atoms with Crippen LogP contribution in [0.3, 0.4) is 0 Å². The molecule has 0 radical (unpaired) electrons. The third kappa shape index (κ3) is 13.4. The Bertz CT molecular complexity index is 1260. The zero-order valence-corrected chi connectivity index (χ0v) is 28.6. The Kier molecular flexibility index (Phi) is 16.3. The number of likely N-dealkylation sites (N-methyl/N-ethyl adjacent to an activating group) is 1. The highest BCUT2D eigenvalue weighted by atomic mass is 17.0. The van der Waals surface area contributed by atoms with Crippen molar-refractivity contribution in [2.75, 3.05) is 40.4 Å². The van der Waals surface area contributed by atoms with Gasteiger partial charge in [0.2, 0.25) is 0 Å². The van der Waals surface area contributed by atoms with E-state index in [1.165, 1.54) is 24.8 Å². The Hall–Kier alpha value is -3.88. The van der Waals surface area contributed by atoms with Gasteiger partial charge in [-0.3, -0.25) is 15.1 Å². The molecule has 1 heterocycles. The maximum absolute atomic E-state index is 12.7. The second-order valence-corrected chi connectivity index (χ2v) is 12.6. The number of piperidine rings is 1. The summed E-state index contributed by atoms with van der Waals surface area (Å²) in [4.78, 5) is 30.4. The third-order valence-corrected chi connectivity index (χ3v) is 9.17. The molecule has 0 bridgehead atoms. The lowest BCUT2D eigenvalue weighted by Crippen LogP contribution is -2.49. The molecule has 3 rings (SSSR count). The Morgan fingerprint density at radius 1 is 1.11 bits per heavy atom. The molecule has 258 valence electrons. The summed E-state index contributed by atoms with van der Waals surface area (Å²) < 4.78 is 11.2. The number of hydrazine groups is 1.